The zero-order chi connectivity index (χ0) is 20.1. The van der Waals surface area contributed by atoms with E-state index in [2.05, 4.69) is 24.3 Å². The van der Waals surface area contributed by atoms with Gasteiger partial charge in [0.2, 0.25) is 0 Å². The van der Waals surface area contributed by atoms with Gasteiger partial charge in [0, 0.05) is 12.3 Å². The third-order valence-corrected chi connectivity index (χ3v) is 6.39. The van der Waals surface area contributed by atoms with Crippen LogP contribution in [0, 0.1) is 0 Å². The van der Waals surface area contributed by atoms with Gasteiger partial charge in [-0.2, -0.15) is 0 Å². The molecule has 6 heteroatoms. The number of nitrogens with zero attached hydrogens (tertiary/aromatic N) is 1. The van der Waals surface area contributed by atoms with E-state index in [0.29, 0.717) is 12.8 Å². The quantitative estimate of drug-likeness (QED) is 0.862. The molecule has 150 valence electrons. The maximum absolute atomic E-state index is 13.0. The Bertz CT molecular complexity index is 928. The Hall–Kier alpha value is -2.86. The van der Waals surface area contributed by atoms with Crippen LogP contribution in [0.1, 0.15) is 36.8 Å². The number of likely N-dealkylation sites (tertiary alicyclic amines) is 1. The molecule has 2 saturated heterocycles. The largest absolute Gasteiger partial charge is 0.480 e. The number of carbonyl (C=O) groups excluding carboxylic acids is 1. The van der Waals surface area contributed by atoms with Gasteiger partial charge in [-0.3, -0.25) is 4.90 Å². The van der Waals surface area contributed by atoms with Gasteiger partial charge in [-0.15, -0.1) is 0 Å². The van der Waals surface area contributed by atoms with E-state index in [0.717, 1.165) is 22.3 Å². The summed E-state index contributed by atoms with van der Waals surface area (Å²) < 4.78 is 11.5. The van der Waals surface area contributed by atoms with Crippen molar-refractivity contribution in [2.45, 2.75) is 50.0 Å². The molecule has 5 rings (SSSR count). The molecule has 0 spiro atoms. The maximum Gasteiger partial charge on any atom is 0.410 e. The molecule has 6 nitrogen and oxygen atoms in total. The summed E-state index contributed by atoms with van der Waals surface area (Å²) >= 11 is 0. The Labute approximate surface area is 169 Å². The normalized spacial score (nSPS) is 27.4. The van der Waals surface area contributed by atoms with Crippen LogP contribution < -0.4 is 0 Å². The van der Waals surface area contributed by atoms with E-state index in [4.69, 9.17) is 9.47 Å². The molecule has 0 bridgehead atoms. The number of carboxylic acids is 1. The molecule has 0 unspecified atom stereocenters. The van der Waals surface area contributed by atoms with Crippen LogP contribution in [0.4, 0.5) is 4.79 Å². The number of fused-ring (bicyclic) bond motifs is 4. The summed E-state index contributed by atoms with van der Waals surface area (Å²) in [6.07, 6.45) is 0.173. The number of hydrogen-bond acceptors (Lipinski definition) is 4. The van der Waals surface area contributed by atoms with E-state index in [9.17, 15) is 14.7 Å². The molecule has 2 aromatic carbocycles. The lowest BCUT2D eigenvalue weighted by molar-refractivity contribution is -0.142. The standard InChI is InChI=1S/C23H23NO5/c1-13-10-19-21(29-13)11-20(22(25)26)24(19)23(27)28-12-18-16-8-4-2-6-14(16)15-7-3-5-9-17(15)18/h2-9,13,18-21H,10-12H2,1H3,(H,25,26)/t13-,19+,20+,21+/m1/s1. The lowest BCUT2D eigenvalue weighted by atomic mass is 9.98. The SMILES string of the molecule is C[C@@H]1C[C@H]2[C@H](C[C@@H](C(=O)O)N2C(=O)OCC2c3ccccc3-c3ccccc32)O1. The third-order valence-electron chi connectivity index (χ3n) is 6.39. The molecule has 1 N–H and O–H groups in total. The van der Waals surface area contributed by atoms with Crippen LogP contribution in [0.15, 0.2) is 48.5 Å². The summed E-state index contributed by atoms with van der Waals surface area (Å²) in [4.78, 5) is 26.1. The average molecular weight is 393 g/mol. The van der Waals surface area contributed by atoms with Crippen molar-refractivity contribution in [2.75, 3.05) is 6.61 Å². The topological polar surface area (TPSA) is 76.1 Å². The fraction of sp³-hybridized carbons (Fsp3) is 0.391. The van der Waals surface area contributed by atoms with E-state index in [1.165, 1.54) is 4.90 Å². The van der Waals surface area contributed by atoms with Crippen molar-refractivity contribution < 1.29 is 24.2 Å². The van der Waals surface area contributed by atoms with Crippen molar-refractivity contribution in [3.05, 3.63) is 59.7 Å². The second-order valence-electron chi connectivity index (χ2n) is 8.09. The smallest absolute Gasteiger partial charge is 0.410 e. The number of benzene rings is 2. The van der Waals surface area contributed by atoms with Gasteiger partial charge >= 0.3 is 12.1 Å². The summed E-state index contributed by atoms with van der Waals surface area (Å²) in [7, 11) is 0. The molecule has 0 radical (unpaired) electrons. The zero-order valence-corrected chi connectivity index (χ0v) is 16.2. The van der Waals surface area contributed by atoms with Crippen molar-refractivity contribution in [3.63, 3.8) is 0 Å². The average Bonchev–Trinajstić information content (AvgIpc) is 3.34. The molecule has 2 aliphatic heterocycles. The van der Waals surface area contributed by atoms with Crippen molar-refractivity contribution >= 4 is 12.1 Å². The van der Waals surface area contributed by atoms with Crippen LogP contribution in [0.25, 0.3) is 11.1 Å². The van der Waals surface area contributed by atoms with Gasteiger partial charge in [-0.25, -0.2) is 9.59 Å². The van der Waals surface area contributed by atoms with Gasteiger partial charge in [0.05, 0.1) is 18.2 Å². The van der Waals surface area contributed by atoms with E-state index >= 15 is 0 Å². The van der Waals surface area contributed by atoms with E-state index in [-0.39, 0.29) is 30.8 Å². The second kappa shape index (κ2) is 6.88. The molecular weight excluding hydrogens is 370 g/mol. The molecule has 2 aromatic rings. The lowest BCUT2D eigenvalue weighted by Gasteiger charge is -2.27. The Kier molecular flexibility index (Phi) is 4.32. The van der Waals surface area contributed by atoms with Crippen molar-refractivity contribution in [1.82, 2.24) is 4.90 Å². The van der Waals surface area contributed by atoms with Crippen LogP contribution >= 0.6 is 0 Å². The summed E-state index contributed by atoms with van der Waals surface area (Å²) in [5.74, 6) is -1.06. The monoisotopic (exact) mass is 393 g/mol. The Balaban J connectivity index is 1.37. The fourth-order valence-corrected chi connectivity index (χ4v) is 5.16. The Morgan fingerprint density at radius 2 is 1.69 bits per heavy atom. The minimum absolute atomic E-state index is 0.0173. The minimum atomic E-state index is -1.01. The number of hydrogen-bond donors (Lipinski definition) is 1. The van der Waals surface area contributed by atoms with Gasteiger partial charge in [0.15, 0.2) is 0 Å². The molecule has 1 amide bonds. The highest BCUT2D eigenvalue weighted by molar-refractivity contribution is 5.82. The van der Waals surface area contributed by atoms with Gasteiger partial charge in [-0.1, -0.05) is 48.5 Å². The first-order chi connectivity index (χ1) is 14.0. The predicted molar refractivity (Wildman–Crippen MR) is 106 cm³/mol. The Morgan fingerprint density at radius 3 is 2.31 bits per heavy atom. The molecule has 0 aromatic heterocycles. The highest BCUT2D eigenvalue weighted by Crippen LogP contribution is 2.45. The zero-order valence-electron chi connectivity index (χ0n) is 16.2. The highest BCUT2D eigenvalue weighted by atomic mass is 16.6. The van der Waals surface area contributed by atoms with Crippen LogP contribution in [0.2, 0.25) is 0 Å². The lowest BCUT2D eigenvalue weighted by Crippen LogP contribution is -2.46. The second-order valence-corrected chi connectivity index (χ2v) is 8.09. The van der Waals surface area contributed by atoms with Crippen LogP contribution in [0.5, 0.6) is 0 Å². The van der Waals surface area contributed by atoms with E-state index in [1.807, 2.05) is 31.2 Å². The molecule has 3 aliphatic rings. The molecule has 1 aliphatic carbocycles. The summed E-state index contributed by atoms with van der Waals surface area (Å²) in [6.45, 7) is 2.13. The van der Waals surface area contributed by atoms with Gasteiger partial charge in [-0.05, 0) is 35.6 Å². The van der Waals surface area contributed by atoms with E-state index in [1.54, 1.807) is 0 Å². The van der Waals surface area contributed by atoms with Crippen LogP contribution in [0.3, 0.4) is 0 Å². The summed E-state index contributed by atoms with van der Waals surface area (Å²) in [6, 6.07) is 15.1. The van der Waals surface area contributed by atoms with Crippen molar-refractivity contribution in [3.8, 4) is 11.1 Å². The summed E-state index contributed by atoms with van der Waals surface area (Å²) in [5, 5.41) is 9.59. The van der Waals surface area contributed by atoms with Gasteiger partial charge in [0.25, 0.3) is 0 Å². The van der Waals surface area contributed by atoms with E-state index < -0.39 is 18.1 Å². The molecule has 29 heavy (non-hydrogen) atoms. The van der Waals surface area contributed by atoms with Gasteiger partial charge in [0.1, 0.15) is 12.6 Å². The van der Waals surface area contributed by atoms with Gasteiger partial charge < -0.3 is 14.6 Å². The molecule has 2 fully saturated rings. The number of amides is 1. The Morgan fingerprint density at radius 1 is 1.07 bits per heavy atom. The van der Waals surface area contributed by atoms with Crippen molar-refractivity contribution in [2.24, 2.45) is 0 Å². The number of carbonyl (C=O) groups is 2. The molecule has 2 heterocycles. The molecule has 4 atom stereocenters. The maximum atomic E-state index is 13.0. The molecular formula is C23H23NO5. The number of aliphatic carboxylic acids is 1. The van der Waals surface area contributed by atoms with Crippen LogP contribution in [-0.2, 0) is 14.3 Å². The first-order valence-electron chi connectivity index (χ1n) is 10.1. The number of rotatable bonds is 3. The predicted octanol–water partition coefficient (Wildman–Crippen LogP) is 3.64. The highest BCUT2D eigenvalue weighted by Gasteiger charge is 2.52. The third kappa shape index (κ3) is 2.90. The van der Waals surface area contributed by atoms with Crippen LogP contribution in [-0.4, -0.2) is 53.0 Å². The van der Waals surface area contributed by atoms with Crippen molar-refractivity contribution in [1.29, 1.82) is 0 Å². The number of ether oxygens (including phenoxy) is 2. The number of carboxylic acid groups (broad SMARTS) is 1. The molecule has 0 saturated carbocycles. The first kappa shape index (κ1) is 18.2. The first-order valence-corrected chi connectivity index (χ1v) is 10.1. The summed E-state index contributed by atoms with van der Waals surface area (Å²) in [5.41, 5.74) is 4.58. The minimum Gasteiger partial charge on any atom is -0.480 e. The fourth-order valence-electron chi connectivity index (χ4n) is 5.16.